The molecule has 238 valence electrons. The number of carbonyl (C=O) groups excluding carboxylic acids is 1. The highest BCUT2D eigenvalue weighted by Crippen LogP contribution is 2.40. The number of likely N-dealkylation sites (tertiary alicyclic amines) is 1. The van der Waals surface area contributed by atoms with Gasteiger partial charge in [-0.15, -0.1) is 0 Å². The van der Waals surface area contributed by atoms with Gasteiger partial charge in [-0.25, -0.2) is 9.97 Å². The van der Waals surface area contributed by atoms with E-state index in [9.17, 15) is 9.90 Å². The van der Waals surface area contributed by atoms with Crippen molar-refractivity contribution >= 4 is 38.9 Å². The van der Waals surface area contributed by atoms with Gasteiger partial charge in [0.05, 0.1) is 29.5 Å². The number of fused-ring (bicyclic) bond motifs is 5. The minimum atomic E-state index is -0.00689. The highest BCUT2D eigenvalue weighted by molar-refractivity contribution is 6.00. The Morgan fingerprint density at radius 3 is 2.60 bits per heavy atom. The van der Waals surface area contributed by atoms with Gasteiger partial charge in [0, 0.05) is 65.9 Å². The summed E-state index contributed by atoms with van der Waals surface area (Å²) in [6.07, 6.45) is 4.44. The Kier molecular flexibility index (Phi) is 6.18. The Morgan fingerprint density at radius 1 is 1.00 bits per heavy atom. The summed E-state index contributed by atoms with van der Waals surface area (Å²) in [5.41, 5.74) is 13.7. The number of methoxy groups -OCH3 is 1. The SMILES string of the molecule is COc1cc(C(=O)N2CC3CCC2C3N)cc2nc(-c3cc4ccc(-c5ccc6nc(C)cc(O)c6c5)nc4n3CC3CC3)n(C)c12. The van der Waals surface area contributed by atoms with Crippen LogP contribution in [-0.2, 0) is 13.6 Å². The lowest BCUT2D eigenvalue weighted by molar-refractivity contribution is 0.0700. The number of piperidine rings is 1. The second kappa shape index (κ2) is 10.3. The van der Waals surface area contributed by atoms with Gasteiger partial charge in [-0.1, -0.05) is 6.07 Å². The molecule has 2 aromatic carbocycles. The van der Waals surface area contributed by atoms with Crippen LogP contribution in [0.1, 0.15) is 41.7 Å². The van der Waals surface area contributed by atoms with Crippen molar-refractivity contribution in [1.82, 2.24) is 29.0 Å². The summed E-state index contributed by atoms with van der Waals surface area (Å²) in [4.78, 5) is 30.6. The molecular weight excluding hydrogens is 590 g/mol. The standard InChI is InChI=1S/C37H37N7O3/c1-19-12-31(45)25-13-21(6-10-27(25)39-19)26-9-7-22-15-30(43(35(22)40-26)17-20-4-5-20)36-41-28-14-24(16-32(47-3)34(28)42(36)2)37(46)44-18-23-8-11-29(44)33(23)38/h6-7,9-10,12-16,20,23,29,33H,4-5,8,11,17-18,38H2,1-3H3,(H,39,45). The molecule has 0 spiro atoms. The fraction of sp³-hybridized carbons (Fsp3) is 0.351. The molecule has 6 aromatic rings. The maximum atomic E-state index is 13.8. The maximum absolute atomic E-state index is 13.8. The van der Waals surface area contributed by atoms with Crippen molar-refractivity contribution in [2.24, 2.45) is 24.6 Å². The van der Waals surface area contributed by atoms with E-state index in [0.717, 1.165) is 75.4 Å². The Morgan fingerprint density at radius 2 is 1.85 bits per heavy atom. The van der Waals surface area contributed by atoms with Gasteiger partial charge in [0.15, 0.2) is 5.82 Å². The van der Waals surface area contributed by atoms with Crippen LogP contribution in [0.4, 0.5) is 0 Å². The number of aromatic hydroxyl groups is 1. The van der Waals surface area contributed by atoms with Crippen LogP contribution in [0.3, 0.4) is 0 Å². The monoisotopic (exact) mass is 627 g/mol. The van der Waals surface area contributed by atoms with E-state index in [1.54, 1.807) is 13.2 Å². The number of nitrogens with zero attached hydrogens (tertiary/aromatic N) is 6. The van der Waals surface area contributed by atoms with Gasteiger partial charge in [0.1, 0.15) is 22.7 Å². The predicted molar refractivity (Wildman–Crippen MR) is 181 cm³/mol. The van der Waals surface area contributed by atoms with E-state index in [2.05, 4.69) is 26.3 Å². The van der Waals surface area contributed by atoms with Gasteiger partial charge >= 0.3 is 0 Å². The number of carbonyl (C=O) groups is 1. The van der Waals surface area contributed by atoms with Crippen LogP contribution >= 0.6 is 0 Å². The molecule has 1 saturated heterocycles. The van der Waals surface area contributed by atoms with Crippen LogP contribution in [0.25, 0.3) is 55.7 Å². The average Bonchev–Trinajstić information content (AvgIpc) is 3.47. The minimum absolute atomic E-state index is 0.00689. The highest BCUT2D eigenvalue weighted by Gasteiger charge is 2.47. The third-order valence-corrected chi connectivity index (χ3v) is 10.6. The number of aromatic nitrogens is 5. The normalized spacial score (nSPS) is 20.7. The molecule has 10 heteroatoms. The topological polar surface area (TPSA) is 124 Å². The van der Waals surface area contributed by atoms with Gasteiger partial charge in [0.25, 0.3) is 5.91 Å². The van der Waals surface area contributed by atoms with Crippen LogP contribution in [0.5, 0.6) is 11.5 Å². The average molecular weight is 628 g/mol. The van der Waals surface area contributed by atoms with Gasteiger partial charge in [-0.3, -0.25) is 9.78 Å². The molecule has 2 saturated carbocycles. The van der Waals surface area contributed by atoms with Crippen molar-refractivity contribution < 1.29 is 14.6 Å². The van der Waals surface area contributed by atoms with Crippen LogP contribution in [-0.4, -0.2) is 65.7 Å². The van der Waals surface area contributed by atoms with Crippen molar-refractivity contribution in [3.05, 3.63) is 65.9 Å². The quantitative estimate of drug-likeness (QED) is 0.239. The molecule has 47 heavy (non-hydrogen) atoms. The molecule has 1 aliphatic heterocycles. The number of benzene rings is 2. The molecule has 4 aromatic heterocycles. The first-order chi connectivity index (χ1) is 22.8. The number of aryl methyl sites for hydroxylation is 2. The van der Waals surface area contributed by atoms with E-state index in [1.807, 2.05) is 55.3 Å². The van der Waals surface area contributed by atoms with E-state index in [4.69, 9.17) is 20.4 Å². The molecule has 5 heterocycles. The summed E-state index contributed by atoms with van der Waals surface area (Å²) in [5, 5.41) is 12.4. The zero-order valence-corrected chi connectivity index (χ0v) is 26.8. The van der Waals surface area contributed by atoms with E-state index < -0.39 is 0 Å². The lowest BCUT2D eigenvalue weighted by Crippen LogP contribution is -2.41. The summed E-state index contributed by atoms with van der Waals surface area (Å²) in [6, 6.07) is 17.8. The van der Waals surface area contributed by atoms with Gasteiger partial charge < -0.3 is 29.6 Å². The molecule has 3 atom stereocenters. The molecule has 2 bridgehead atoms. The van der Waals surface area contributed by atoms with Crippen molar-refractivity contribution in [2.45, 2.75) is 51.2 Å². The molecule has 1 amide bonds. The van der Waals surface area contributed by atoms with E-state index >= 15 is 0 Å². The minimum Gasteiger partial charge on any atom is -0.507 e. The number of hydrogen-bond donors (Lipinski definition) is 2. The third-order valence-electron chi connectivity index (χ3n) is 10.6. The molecule has 3 fully saturated rings. The van der Waals surface area contributed by atoms with E-state index in [-0.39, 0.29) is 23.7 Å². The van der Waals surface area contributed by atoms with Crippen LogP contribution in [0.15, 0.2) is 54.6 Å². The summed E-state index contributed by atoms with van der Waals surface area (Å²) in [6.45, 7) is 3.44. The Balaban J connectivity index is 1.15. The van der Waals surface area contributed by atoms with E-state index in [0.29, 0.717) is 35.1 Å². The van der Waals surface area contributed by atoms with Crippen LogP contribution in [0, 0.1) is 18.8 Å². The lowest BCUT2D eigenvalue weighted by atomic mass is 10.1. The van der Waals surface area contributed by atoms with Crippen molar-refractivity contribution in [2.75, 3.05) is 13.7 Å². The van der Waals surface area contributed by atoms with Gasteiger partial charge in [0.2, 0.25) is 0 Å². The molecule has 3 aliphatic rings. The Hall–Kier alpha value is -4.96. The van der Waals surface area contributed by atoms with Crippen LogP contribution in [0.2, 0.25) is 0 Å². The number of rotatable bonds is 6. The van der Waals surface area contributed by atoms with Crippen molar-refractivity contribution in [1.29, 1.82) is 0 Å². The number of ether oxygens (including phenoxy) is 1. The summed E-state index contributed by atoms with van der Waals surface area (Å²) >= 11 is 0. The smallest absolute Gasteiger partial charge is 0.254 e. The molecule has 3 unspecified atom stereocenters. The fourth-order valence-corrected chi connectivity index (χ4v) is 7.98. The number of amides is 1. The number of pyridine rings is 2. The lowest BCUT2D eigenvalue weighted by Gasteiger charge is -2.27. The first-order valence-electron chi connectivity index (χ1n) is 16.5. The van der Waals surface area contributed by atoms with Gasteiger partial charge in [-0.2, -0.15) is 0 Å². The number of imidazole rings is 1. The second-order valence-corrected chi connectivity index (χ2v) is 13.7. The summed E-state index contributed by atoms with van der Waals surface area (Å²) in [5.74, 6) is 2.60. The van der Waals surface area contributed by atoms with Crippen molar-refractivity contribution in [3.8, 4) is 34.3 Å². The molecule has 0 radical (unpaired) electrons. The first kappa shape index (κ1) is 28.3. The third kappa shape index (κ3) is 4.41. The second-order valence-electron chi connectivity index (χ2n) is 13.7. The predicted octanol–water partition coefficient (Wildman–Crippen LogP) is 5.80. The molecular formula is C37H37N7O3. The van der Waals surface area contributed by atoms with E-state index in [1.165, 1.54) is 12.8 Å². The fourth-order valence-electron chi connectivity index (χ4n) is 7.98. The largest absolute Gasteiger partial charge is 0.507 e. The Bertz CT molecular complexity index is 2270. The highest BCUT2D eigenvalue weighted by atomic mass is 16.5. The summed E-state index contributed by atoms with van der Waals surface area (Å²) in [7, 11) is 3.64. The molecule has 3 N–H and O–H groups in total. The number of hydrogen-bond acceptors (Lipinski definition) is 7. The zero-order valence-electron chi connectivity index (χ0n) is 26.8. The van der Waals surface area contributed by atoms with Gasteiger partial charge in [-0.05, 0) is 86.9 Å². The molecule has 9 rings (SSSR count). The van der Waals surface area contributed by atoms with Crippen molar-refractivity contribution in [3.63, 3.8) is 0 Å². The maximum Gasteiger partial charge on any atom is 0.254 e. The Labute approximate surface area is 271 Å². The summed E-state index contributed by atoms with van der Waals surface area (Å²) < 4.78 is 10.2. The molecule has 10 nitrogen and oxygen atoms in total. The number of nitrogens with two attached hydrogens (primary N) is 1. The zero-order chi connectivity index (χ0) is 32.1. The van der Waals surface area contributed by atoms with Crippen LogP contribution < -0.4 is 10.5 Å². The molecule has 2 aliphatic carbocycles. The first-order valence-corrected chi connectivity index (χ1v) is 16.5.